The van der Waals surface area contributed by atoms with E-state index < -0.39 is 0 Å². The highest BCUT2D eigenvalue weighted by Crippen LogP contribution is 2.37. The van der Waals surface area contributed by atoms with Gasteiger partial charge in [0.25, 0.3) is 0 Å². The summed E-state index contributed by atoms with van der Waals surface area (Å²) >= 11 is 0. The van der Waals surface area contributed by atoms with Gasteiger partial charge >= 0.3 is 0 Å². The van der Waals surface area contributed by atoms with Crippen LogP contribution in [-0.4, -0.2) is 0 Å². The average Bonchev–Trinajstić information content (AvgIpc) is 2.50. The highest BCUT2D eigenvalue weighted by atomic mass is 19.1. The van der Waals surface area contributed by atoms with Crippen molar-refractivity contribution in [3.05, 3.63) is 53.3 Å². The summed E-state index contributed by atoms with van der Waals surface area (Å²) in [6.07, 6.45) is 0. The molecule has 2 heteroatoms. The smallest absolute Gasteiger partial charge is 0.127 e. The van der Waals surface area contributed by atoms with Crippen LogP contribution in [0.1, 0.15) is 38.8 Å². The molecule has 2 aromatic rings. The fourth-order valence-electron chi connectivity index (χ4n) is 2.07. The summed E-state index contributed by atoms with van der Waals surface area (Å²) in [6.45, 7) is 10.5. The molecule has 0 spiro atoms. The fourth-order valence-corrected chi connectivity index (χ4v) is 2.07. The van der Waals surface area contributed by atoms with Gasteiger partial charge in [0.2, 0.25) is 0 Å². The predicted octanol–water partition coefficient (Wildman–Crippen LogP) is 5.75. The summed E-state index contributed by atoms with van der Waals surface area (Å²) in [5.41, 5.74) is 4.20. The van der Waals surface area contributed by atoms with E-state index in [9.17, 15) is 4.39 Å². The minimum absolute atomic E-state index is 0.210. The Hall–Kier alpha value is -1.83. The molecular weight excluding hydrogens is 251 g/mol. The van der Waals surface area contributed by atoms with E-state index in [1.165, 1.54) is 17.7 Å². The van der Waals surface area contributed by atoms with Crippen LogP contribution >= 0.6 is 0 Å². The molecule has 1 aliphatic rings. The molecule has 0 aromatic heterocycles. The molecule has 2 aromatic carbocycles. The first-order valence-corrected chi connectivity index (χ1v) is 7.26. The largest absolute Gasteiger partial charge is 0.488 e. The van der Waals surface area contributed by atoms with E-state index in [1.54, 1.807) is 0 Å². The van der Waals surface area contributed by atoms with Crippen molar-refractivity contribution in [1.29, 1.82) is 0 Å². The second-order valence-electron chi connectivity index (χ2n) is 4.09. The van der Waals surface area contributed by atoms with Gasteiger partial charge in [0.15, 0.2) is 0 Å². The molecule has 0 saturated heterocycles. The Kier molecular flexibility index (Phi) is 6.23. The molecule has 0 fully saturated rings. The zero-order valence-electron chi connectivity index (χ0n) is 13.0. The van der Waals surface area contributed by atoms with Crippen molar-refractivity contribution >= 4 is 0 Å². The number of hydrogen-bond acceptors (Lipinski definition) is 1. The molecule has 3 rings (SSSR count). The maximum absolute atomic E-state index is 13.1. The van der Waals surface area contributed by atoms with Gasteiger partial charge in [-0.2, -0.15) is 0 Å². The lowest BCUT2D eigenvalue weighted by Crippen LogP contribution is -2.05. The van der Waals surface area contributed by atoms with Crippen LogP contribution in [0.15, 0.2) is 36.4 Å². The van der Waals surface area contributed by atoms with Crippen LogP contribution in [0.5, 0.6) is 5.75 Å². The Morgan fingerprint density at radius 1 is 0.900 bits per heavy atom. The monoisotopic (exact) mass is 274 g/mol. The standard InChI is InChI=1S/C14H11FO.2C2H6/c1-9-2-4-13-12-5-3-11(15)7-10(12)8-16-14(13)6-9;2*1-2/h2-7H,8H2,1H3;2*1-2H3. The Bertz CT molecular complexity index is 510. The topological polar surface area (TPSA) is 9.23 Å². The summed E-state index contributed by atoms with van der Waals surface area (Å²) in [5.74, 6) is 0.678. The normalized spacial score (nSPS) is 10.7. The first-order valence-electron chi connectivity index (χ1n) is 7.26. The Balaban J connectivity index is 0.000000461. The number of ether oxygens (including phenoxy) is 1. The third kappa shape index (κ3) is 3.38. The number of halogens is 1. The summed E-state index contributed by atoms with van der Waals surface area (Å²) in [7, 11) is 0. The van der Waals surface area contributed by atoms with Gasteiger partial charge in [-0.15, -0.1) is 0 Å². The van der Waals surface area contributed by atoms with Crippen LogP contribution in [0, 0.1) is 12.7 Å². The van der Waals surface area contributed by atoms with Gasteiger partial charge in [0, 0.05) is 11.1 Å². The molecular formula is C18H23FO. The fraction of sp³-hybridized carbons (Fsp3) is 0.333. The Morgan fingerprint density at radius 2 is 1.55 bits per heavy atom. The van der Waals surface area contributed by atoms with Gasteiger partial charge in [-0.1, -0.05) is 45.9 Å². The van der Waals surface area contributed by atoms with Crippen LogP contribution < -0.4 is 4.74 Å². The zero-order valence-corrected chi connectivity index (χ0v) is 13.0. The van der Waals surface area contributed by atoms with Crippen molar-refractivity contribution in [3.8, 4) is 16.9 Å². The molecule has 1 aliphatic heterocycles. The molecule has 0 N–H and O–H groups in total. The van der Waals surface area contributed by atoms with Gasteiger partial charge in [-0.05, 0) is 36.2 Å². The first kappa shape index (κ1) is 16.2. The van der Waals surface area contributed by atoms with Crippen LogP contribution in [0.25, 0.3) is 11.1 Å². The Labute approximate surface area is 121 Å². The lowest BCUT2D eigenvalue weighted by atomic mass is 9.96. The van der Waals surface area contributed by atoms with E-state index in [2.05, 4.69) is 0 Å². The Morgan fingerprint density at radius 3 is 2.25 bits per heavy atom. The van der Waals surface area contributed by atoms with Gasteiger partial charge < -0.3 is 4.74 Å². The summed E-state index contributed by atoms with van der Waals surface area (Å²) in [6, 6.07) is 10.9. The molecule has 1 nitrogen and oxygen atoms in total. The van der Waals surface area contributed by atoms with Crippen LogP contribution in [-0.2, 0) is 6.61 Å². The van der Waals surface area contributed by atoms with E-state index in [0.29, 0.717) is 6.61 Å². The second-order valence-corrected chi connectivity index (χ2v) is 4.09. The molecule has 0 aliphatic carbocycles. The summed E-state index contributed by atoms with van der Waals surface area (Å²) in [4.78, 5) is 0. The van der Waals surface area contributed by atoms with E-state index in [4.69, 9.17) is 4.74 Å². The molecule has 0 radical (unpaired) electrons. The van der Waals surface area contributed by atoms with Crippen molar-refractivity contribution in [3.63, 3.8) is 0 Å². The minimum atomic E-state index is -0.210. The van der Waals surface area contributed by atoms with E-state index in [1.807, 2.05) is 58.9 Å². The lowest BCUT2D eigenvalue weighted by molar-refractivity contribution is 0.301. The maximum Gasteiger partial charge on any atom is 0.127 e. The number of benzene rings is 2. The number of rotatable bonds is 0. The van der Waals surface area contributed by atoms with Crippen molar-refractivity contribution in [2.24, 2.45) is 0 Å². The molecule has 108 valence electrons. The van der Waals surface area contributed by atoms with Gasteiger partial charge in [-0.3, -0.25) is 0 Å². The van der Waals surface area contributed by atoms with Gasteiger partial charge in [-0.25, -0.2) is 4.39 Å². The second kappa shape index (κ2) is 7.68. The molecule has 0 unspecified atom stereocenters. The summed E-state index contributed by atoms with van der Waals surface area (Å²) in [5, 5.41) is 0. The third-order valence-corrected chi connectivity index (χ3v) is 2.88. The van der Waals surface area contributed by atoms with Gasteiger partial charge in [0.05, 0.1) is 0 Å². The van der Waals surface area contributed by atoms with Crippen molar-refractivity contribution < 1.29 is 9.13 Å². The molecule has 1 heterocycles. The van der Waals surface area contributed by atoms with Crippen molar-refractivity contribution in [2.75, 3.05) is 0 Å². The number of fused-ring (bicyclic) bond motifs is 3. The molecule has 0 amide bonds. The SMILES string of the molecule is CC.CC.Cc1ccc2c(c1)OCc1cc(F)ccc1-2. The highest BCUT2D eigenvalue weighted by Gasteiger charge is 2.17. The maximum atomic E-state index is 13.1. The molecule has 20 heavy (non-hydrogen) atoms. The zero-order chi connectivity index (χ0) is 15.1. The summed E-state index contributed by atoms with van der Waals surface area (Å²) < 4.78 is 18.7. The lowest BCUT2D eigenvalue weighted by Gasteiger charge is -2.21. The molecule has 0 bridgehead atoms. The quantitative estimate of drug-likeness (QED) is 0.594. The third-order valence-electron chi connectivity index (χ3n) is 2.88. The number of aryl methyl sites for hydroxylation is 1. The van der Waals surface area contributed by atoms with Crippen LogP contribution in [0.2, 0.25) is 0 Å². The average molecular weight is 274 g/mol. The van der Waals surface area contributed by atoms with Gasteiger partial charge in [0.1, 0.15) is 18.2 Å². The van der Waals surface area contributed by atoms with E-state index >= 15 is 0 Å². The molecule has 0 saturated carbocycles. The first-order chi connectivity index (χ1) is 9.74. The van der Waals surface area contributed by atoms with Crippen LogP contribution in [0.3, 0.4) is 0 Å². The van der Waals surface area contributed by atoms with E-state index in [0.717, 1.165) is 22.4 Å². The van der Waals surface area contributed by atoms with E-state index in [-0.39, 0.29) is 5.82 Å². The minimum Gasteiger partial charge on any atom is -0.488 e. The van der Waals surface area contributed by atoms with Crippen molar-refractivity contribution in [1.82, 2.24) is 0 Å². The highest BCUT2D eigenvalue weighted by molar-refractivity contribution is 5.75. The van der Waals surface area contributed by atoms with Crippen LogP contribution in [0.4, 0.5) is 4.39 Å². The predicted molar refractivity (Wildman–Crippen MR) is 83.6 cm³/mol. The molecule has 0 atom stereocenters. The van der Waals surface area contributed by atoms with Crippen molar-refractivity contribution in [2.45, 2.75) is 41.2 Å². The number of hydrogen-bond donors (Lipinski definition) is 0.